The van der Waals surface area contributed by atoms with E-state index in [1.54, 1.807) is 7.11 Å². The van der Waals surface area contributed by atoms with E-state index in [1.165, 1.54) is 5.56 Å². The zero-order valence-corrected chi connectivity index (χ0v) is 17.6. The quantitative estimate of drug-likeness (QED) is 0.790. The summed E-state index contributed by atoms with van der Waals surface area (Å²) in [7, 11) is 1.71. The molecule has 0 N–H and O–H groups in total. The molecule has 28 heavy (non-hydrogen) atoms. The van der Waals surface area contributed by atoms with Crippen molar-refractivity contribution in [3.05, 3.63) is 46.8 Å². The van der Waals surface area contributed by atoms with Gasteiger partial charge in [0.2, 0.25) is 0 Å². The number of hydrogen-bond acceptors (Lipinski definition) is 5. The second-order valence-electron chi connectivity index (χ2n) is 8.41. The first kappa shape index (κ1) is 20.4. The molecule has 1 saturated heterocycles. The predicted octanol–water partition coefficient (Wildman–Crippen LogP) is 3.29. The number of methoxy groups -OCH3 is 1. The van der Waals surface area contributed by atoms with Gasteiger partial charge in [-0.05, 0) is 25.0 Å². The van der Waals surface area contributed by atoms with Gasteiger partial charge in [-0.15, -0.1) is 0 Å². The Morgan fingerprint density at radius 1 is 1.18 bits per heavy atom. The van der Waals surface area contributed by atoms with E-state index >= 15 is 0 Å². The van der Waals surface area contributed by atoms with Crippen LogP contribution in [0.25, 0.3) is 0 Å². The van der Waals surface area contributed by atoms with Crippen LogP contribution < -0.4 is 4.74 Å². The van der Waals surface area contributed by atoms with Crippen LogP contribution in [-0.4, -0.2) is 60.7 Å². The third kappa shape index (κ3) is 4.38. The van der Waals surface area contributed by atoms with Crippen molar-refractivity contribution in [2.75, 3.05) is 39.8 Å². The van der Waals surface area contributed by atoms with Crippen molar-refractivity contribution in [1.29, 1.82) is 0 Å². The summed E-state index contributed by atoms with van der Waals surface area (Å²) in [6.45, 7) is 12.1. The lowest BCUT2D eigenvalue weighted by Gasteiger charge is -2.35. The van der Waals surface area contributed by atoms with Crippen LogP contribution in [0.1, 0.15) is 48.1 Å². The summed E-state index contributed by atoms with van der Waals surface area (Å²) in [6.07, 6.45) is 0.941. The fraction of sp³-hybridized carbons (Fsp3) is 0.545. The molecule has 0 bridgehead atoms. The molecule has 0 saturated carbocycles. The Morgan fingerprint density at radius 2 is 1.86 bits per heavy atom. The highest BCUT2D eigenvalue weighted by Gasteiger charge is 2.32. The SMILES string of the molecule is COc1ccccc1CCN1CCN(C(=O)c2c(C(C)(C)C)noc2C)CC1. The highest BCUT2D eigenvalue weighted by atomic mass is 16.5. The summed E-state index contributed by atoms with van der Waals surface area (Å²) in [5.41, 5.74) is 2.38. The van der Waals surface area contributed by atoms with Crippen LogP contribution in [0, 0.1) is 6.92 Å². The molecule has 1 fully saturated rings. The molecule has 1 aromatic heterocycles. The number of carbonyl (C=O) groups is 1. The van der Waals surface area contributed by atoms with Crippen LogP contribution in [0.3, 0.4) is 0 Å². The van der Waals surface area contributed by atoms with Gasteiger partial charge in [-0.2, -0.15) is 0 Å². The van der Waals surface area contributed by atoms with Gasteiger partial charge in [0.05, 0.1) is 7.11 Å². The molecule has 0 atom stereocenters. The van der Waals surface area contributed by atoms with Crippen LogP contribution in [-0.2, 0) is 11.8 Å². The molecule has 2 heterocycles. The van der Waals surface area contributed by atoms with Crippen molar-refractivity contribution in [3.8, 4) is 5.75 Å². The molecular weight excluding hydrogens is 354 g/mol. The van der Waals surface area contributed by atoms with Crippen molar-refractivity contribution in [2.45, 2.75) is 39.5 Å². The second-order valence-corrected chi connectivity index (χ2v) is 8.41. The fourth-order valence-corrected chi connectivity index (χ4v) is 3.66. The van der Waals surface area contributed by atoms with E-state index in [9.17, 15) is 4.79 Å². The Hall–Kier alpha value is -2.34. The summed E-state index contributed by atoms with van der Waals surface area (Å²) >= 11 is 0. The highest BCUT2D eigenvalue weighted by Crippen LogP contribution is 2.28. The van der Waals surface area contributed by atoms with Gasteiger partial charge in [0.1, 0.15) is 22.8 Å². The molecular formula is C22H31N3O3. The number of para-hydroxylation sites is 1. The number of aromatic nitrogens is 1. The number of benzene rings is 1. The summed E-state index contributed by atoms with van der Waals surface area (Å²) in [6, 6.07) is 8.15. The highest BCUT2D eigenvalue weighted by molar-refractivity contribution is 5.96. The van der Waals surface area contributed by atoms with Gasteiger partial charge in [-0.25, -0.2) is 0 Å². The fourth-order valence-electron chi connectivity index (χ4n) is 3.66. The molecule has 1 aliphatic rings. The number of hydrogen-bond donors (Lipinski definition) is 0. The Kier molecular flexibility index (Phi) is 6.08. The molecule has 0 aliphatic carbocycles. The zero-order valence-electron chi connectivity index (χ0n) is 17.6. The van der Waals surface area contributed by atoms with Crippen LogP contribution >= 0.6 is 0 Å². The lowest BCUT2D eigenvalue weighted by Crippen LogP contribution is -2.49. The van der Waals surface area contributed by atoms with E-state index in [1.807, 2.05) is 30.0 Å². The predicted molar refractivity (Wildman–Crippen MR) is 109 cm³/mol. The number of aryl methyl sites for hydroxylation is 1. The third-order valence-electron chi connectivity index (χ3n) is 5.34. The number of carbonyl (C=O) groups excluding carboxylic acids is 1. The molecule has 1 aromatic carbocycles. The zero-order chi connectivity index (χ0) is 20.3. The summed E-state index contributed by atoms with van der Waals surface area (Å²) in [5.74, 6) is 1.58. The van der Waals surface area contributed by atoms with Crippen LogP contribution in [0.4, 0.5) is 0 Å². The van der Waals surface area contributed by atoms with Crippen molar-refractivity contribution < 1.29 is 14.1 Å². The van der Waals surface area contributed by atoms with Crippen molar-refractivity contribution in [2.24, 2.45) is 0 Å². The minimum atomic E-state index is -0.223. The van der Waals surface area contributed by atoms with Crippen molar-refractivity contribution >= 4 is 5.91 Å². The van der Waals surface area contributed by atoms with Crippen LogP contribution in [0.5, 0.6) is 5.75 Å². The standard InChI is InChI=1S/C22H31N3O3/c1-16-19(20(23-28-16)22(2,3)4)21(26)25-14-12-24(13-15-25)11-10-17-8-6-7-9-18(17)27-5/h6-9H,10-15H2,1-5H3. The summed E-state index contributed by atoms with van der Waals surface area (Å²) in [5, 5.41) is 4.15. The van der Waals surface area contributed by atoms with Gasteiger partial charge >= 0.3 is 0 Å². The van der Waals surface area contributed by atoms with Gasteiger partial charge in [0.25, 0.3) is 5.91 Å². The Bertz CT molecular complexity index is 815. The summed E-state index contributed by atoms with van der Waals surface area (Å²) in [4.78, 5) is 17.4. The molecule has 0 radical (unpaired) electrons. The van der Waals surface area contributed by atoms with Gasteiger partial charge < -0.3 is 14.2 Å². The lowest BCUT2D eigenvalue weighted by atomic mass is 9.88. The lowest BCUT2D eigenvalue weighted by molar-refractivity contribution is 0.0634. The van der Waals surface area contributed by atoms with Crippen molar-refractivity contribution in [3.63, 3.8) is 0 Å². The molecule has 3 rings (SSSR count). The number of ether oxygens (including phenoxy) is 1. The maximum absolute atomic E-state index is 13.1. The Morgan fingerprint density at radius 3 is 2.50 bits per heavy atom. The van der Waals surface area contributed by atoms with E-state index in [-0.39, 0.29) is 11.3 Å². The number of nitrogens with zero attached hydrogens (tertiary/aromatic N) is 3. The first-order valence-electron chi connectivity index (χ1n) is 9.91. The molecule has 0 unspecified atom stereocenters. The van der Waals surface area contributed by atoms with Crippen molar-refractivity contribution in [1.82, 2.24) is 15.0 Å². The number of rotatable bonds is 5. The Labute approximate surface area is 167 Å². The first-order chi connectivity index (χ1) is 13.3. The van der Waals surface area contributed by atoms with Crippen LogP contribution in [0.15, 0.2) is 28.8 Å². The van der Waals surface area contributed by atoms with Gasteiger partial charge in [0.15, 0.2) is 0 Å². The minimum Gasteiger partial charge on any atom is -0.496 e. The molecule has 0 spiro atoms. The monoisotopic (exact) mass is 385 g/mol. The normalized spacial score (nSPS) is 15.7. The molecule has 1 aliphatic heterocycles. The van der Waals surface area contributed by atoms with Gasteiger partial charge in [-0.1, -0.05) is 44.1 Å². The average molecular weight is 386 g/mol. The molecule has 6 nitrogen and oxygen atoms in total. The van der Waals surface area contributed by atoms with E-state index in [2.05, 4.69) is 36.9 Å². The largest absolute Gasteiger partial charge is 0.496 e. The third-order valence-corrected chi connectivity index (χ3v) is 5.34. The summed E-state index contributed by atoms with van der Waals surface area (Å²) < 4.78 is 10.8. The van der Waals surface area contributed by atoms with E-state index in [0.29, 0.717) is 11.3 Å². The van der Waals surface area contributed by atoms with E-state index < -0.39 is 0 Å². The Balaban J connectivity index is 1.59. The first-order valence-corrected chi connectivity index (χ1v) is 9.91. The van der Waals surface area contributed by atoms with Gasteiger partial charge in [-0.3, -0.25) is 9.69 Å². The topological polar surface area (TPSA) is 58.8 Å². The van der Waals surface area contributed by atoms with E-state index in [4.69, 9.17) is 9.26 Å². The van der Waals surface area contributed by atoms with Crippen LogP contribution in [0.2, 0.25) is 0 Å². The molecule has 1 amide bonds. The van der Waals surface area contributed by atoms with E-state index in [0.717, 1.165) is 50.6 Å². The molecule has 152 valence electrons. The number of piperazine rings is 1. The maximum Gasteiger partial charge on any atom is 0.259 e. The smallest absolute Gasteiger partial charge is 0.259 e. The second kappa shape index (κ2) is 8.35. The number of amides is 1. The molecule has 2 aromatic rings. The maximum atomic E-state index is 13.1. The molecule has 6 heteroatoms. The average Bonchev–Trinajstić information content (AvgIpc) is 3.08. The van der Waals surface area contributed by atoms with Gasteiger partial charge in [0, 0.05) is 38.1 Å². The minimum absolute atomic E-state index is 0.0352.